The second kappa shape index (κ2) is 9.56. The fourth-order valence-electron chi connectivity index (χ4n) is 4.81. The number of pyridine rings is 1. The Morgan fingerprint density at radius 3 is 2.55 bits per heavy atom. The number of likely N-dealkylation sites (tertiary alicyclic amines) is 1. The van der Waals surface area contributed by atoms with Gasteiger partial charge in [-0.25, -0.2) is 0 Å². The number of esters is 1. The van der Waals surface area contributed by atoms with E-state index in [4.69, 9.17) is 14.5 Å². The zero-order chi connectivity index (χ0) is 21.8. The fraction of sp³-hybridized carbons (Fsp3) is 0.615. The van der Waals surface area contributed by atoms with Crippen molar-refractivity contribution in [3.8, 4) is 5.75 Å². The number of ether oxygens (including phenoxy) is 2. The lowest BCUT2D eigenvalue weighted by Gasteiger charge is -2.34. The summed E-state index contributed by atoms with van der Waals surface area (Å²) in [5.41, 5.74) is 2.54. The molecule has 0 atom stereocenters. The summed E-state index contributed by atoms with van der Waals surface area (Å²) >= 11 is 0. The third kappa shape index (κ3) is 5.76. The summed E-state index contributed by atoms with van der Waals surface area (Å²) in [6, 6.07) is 10.5. The van der Waals surface area contributed by atoms with Crippen molar-refractivity contribution in [2.45, 2.75) is 71.9 Å². The summed E-state index contributed by atoms with van der Waals surface area (Å²) in [5.74, 6) is 0.961. The number of aromatic nitrogens is 1. The minimum atomic E-state index is -0.0408. The Bertz CT molecular complexity index is 893. The molecule has 0 amide bonds. The molecule has 1 aliphatic carbocycles. The molecule has 2 fully saturated rings. The first-order valence-electron chi connectivity index (χ1n) is 11.9. The Balaban J connectivity index is 1.33. The third-order valence-electron chi connectivity index (χ3n) is 6.90. The molecule has 5 nitrogen and oxygen atoms in total. The second-order valence-corrected chi connectivity index (χ2v) is 9.94. The molecule has 1 aromatic heterocycles. The predicted octanol–water partition coefficient (Wildman–Crippen LogP) is 5.36. The Labute approximate surface area is 186 Å². The number of benzene rings is 1. The van der Waals surface area contributed by atoms with E-state index in [1.165, 1.54) is 12.8 Å². The van der Waals surface area contributed by atoms with E-state index in [9.17, 15) is 4.79 Å². The van der Waals surface area contributed by atoms with Gasteiger partial charge in [0.15, 0.2) is 0 Å². The Morgan fingerprint density at radius 2 is 1.84 bits per heavy atom. The van der Waals surface area contributed by atoms with Crippen molar-refractivity contribution in [3.05, 3.63) is 36.0 Å². The summed E-state index contributed by atoms with van der Waals surface area (Å²) in [4.78, 5) is 19.2. The zero-order valence-electron chi connectivity index (χ0n) is 19.2. The van der Waals surface area contributed by atoms with Gasteiger partial charge < -0.3 is 9.47 Å². The number of fused-ring (bicyclic) bond motifs is 1. The highest BCUT2D eigenvalue weighted by Crippen LogP contribution is 2.36. The number of nitrogens with zero attached hydrogens (tertiary/aromatic N) is 2. The normalized spacial score (nSPS) is 20.6. The largest absolute Gasteiger partial charge is 0.490 e. The van der Waals surface area contributed by atoms with Crippen molar-refractivity contribution in [2.24, 2.45) is 11.3 Å². The van der Waals surface area contributed by atoms with Crippen molar-refractivity contribution >= 4 is 16.9 Å². The molecule has 1 saturated carbocycles. The maximum atomic E-state index is 11.9. The lowest BCUT2D eigenvalue weighted by atomic mass is 9.76. The molecule has 2 aromatic rings. The van der Waals surface area contributed by atoms with Gasteiger partial charge in [-0.3, -0.25) is 14.7 Å². The quantitative estimate of drug-likeness (QED) is 0.585. The molecule has 31 heavy (non-hydrogen) atoms. The molecule has 0 radical (unpaired) electrons. The first-order valence-corrected chi connectivity index (χ1v) is 11.9. The molecule has 0 unspecified atom stereocenters. The lowest BCUT2D eigenvalue weighted by Crippen LogP contribution is -2.36. The van der Waals surface area contributed by atoms with Crippen LogP contribution in [0.1, 0.15) is 65.0 Å². The lowest BCUT2D eigenvalue weighted by molar-refractivity contribution is -0.149. The summed E-state index contributed by atoms with van der Waals surface area (Å²) in [6.07, 6.45) is 6.79. The average Bonchev–Trinajstić information content (AvgIpc) is 2.76. The van der Waals surface area contributed by atoms with Crippen LogP contribution in [0.2, 0.25) is 0 Å². The molecular formula is C26H36N2O3. The van der Waals surface area contributed by atoms with Crippen LogP contribution in [-0.2, 0) is 16.1 Å². The number of carbonyl (C=O) groups excluding carboxylic acids is 1. The molecular weight excluding hydrogens is 388 g/mol. The van der Waals surface area contributed by atoms with Crippen molar-refractivity contribution < 1.29 is 14.3 Å². The van der Waals surface area contributed by atoms with Crippen LogP contribution in [0.15, 0.2) is 30.3 Å². The number of rotatable bonds is 6. The first-order chi connectivity index (χ1) is 14.9. The van der Waals surface area contributed by atoms with Gasteiger partial charge in [0.2, 0.25) is 0 Å². The van der Waals surface area contributed by atoms with Gasteiger partial charge in [-0.05, 0) is 88.2 Å². The van der Waals surface area contributed by atoms with Crippen LogP contribution < -0.4 is 4.74 Å². The standard InChI is InChI=1S/C26H36N2O3/c1-4-30-25(29)19-11-15-28(16-12-19)18-21-6-5-20-17-23(7-8-24(20)27-21)31-22-9-13-26(2,3)14-10-22/h5-8,17,19,22H,4,9-16,18H2,1-3H3. The molecule has 5 heteroatoms. The van der Waals surface area contributed by atoms with Crippen LogP contribution in [0.3, 0.4) is 0 Å². The molecule has 0 N–H and O–H groups in total. The molecule has 1 aliphatic heterocycles. The second-order valence-electron chi connectivity index (χ2n) is 9.94. The van der Waals surface area contributed by atoms with Crippen molar-refractivity contribution in [1.29, 1.82) is 0 Å². The van der Waals surface area contributed by atoms with Gasteiger partial charge in [-0.2, -0.15) is 0 Å². The Morgan fingerprint density at radius 1 is 1.10 bits per heavy atom. The van der Waals surface area contributed by atoms with Crippen LogP contribution >= 0.6 is 0 Å². The molecule has 2 aliphatic rings. The van der Waals surface area contributed by atoms with Gasteiger partial charge in [0.05, 0.1) is 29.8 Å². The number of hydrogen-bond donors (Lipinski definition) is 0. The summed E-state index contributed by atoms with van der Waals surface area (Å²) in [6.45, 7) is 9.68. The number of hydrogen-bond acceptors (Lipinski definition) is 5. The fourth-order valence-corrected chi connectivity index (χ4v) is 4.81. The van der Waals surface area contributed by atoms with Crippen molar-refractivity contribution in [2.75, 3.05) is 19.7 Å². The maximum Gasteiger partial charge on any atom is 0.309 e. The molecule has 1 aromatic carbocycles. The maximum absolute atomic E-state index is 11.9. The Hall–Kier alpha value is -2.14. The monoisotopic (exact) mass is 424 g/mol. The van der Waals surface area contributed by atoms with Crippen molar-refractivity contribution in [3.63, 3.8) is 0 Å². The van der Waals surface area contributed by atoms with E-state index >= 15 is 0 Å². The Kier molecular flexibility index (Phi) is 6.80. The molecule has 1 saturated heterocycles. The zero-order valence-corrected chi connectivity index (χ0v) is 19.2. The summed E-state index contributed by atoms with van der Waals surface area (Å²) < 4.78 is 11.5. The van der Waals surface area contributed by atoms with Gasteiger partial charge >= 0.3 is 5.97 Å². The van der Waals surface area contributed by atoms with Crippen molar-refractivity contribution in [1.82, 2.24) is 9.88 Å². The highest BCUT2D eigenvalue weighted by atomic mass is 16.5. The van der Waals surface area contributed by atoms with Crippen LogP contribution in [0.4, 0.5) is 0 Å². The van der Waals surface area contributed by atoms with Crippen LogP contribution in [0.5, 0.6) is 5.75 Å². The van der Waals surface area contributed by atoms with Crippen LogP contribution in [-0.4, -0.2) is 41.7 Å². The SMILES string of the molecule is CCOC(=O)C1CCN(Cc2ccc3cc(OC4CCC(C)(C)CC4)ccc3n2)CC1. The van der Waals surface area contributed by atoms with E-state index in [0.29, 0.717) is 18.1 Å². The minimum Gasteiger partial charge on any atom is -0.490 e. The predicted molar refractivity (Wildman–Crippen MR) is 123 cm³/mol. The summed E-state index contributed by atoms with van der Waals surface area (Å²) in [5, 5.41) is 1.12. The van der Waals surface area contributed by atoms with Gasteiger partial charge in [0.25, 0.3) is 0 Å². The van der Waals surface area contributed by atoms with Gasteiger partial charge in [-0.1, -0.05) is 19.9 Å². The van der Waals surface area contributed by atoms with E-state index in [1.807, 2.05) is 6.92 Å². The topological polar surface area (TPSA) is 51.7 Å². The molecule has 4 rings (SSSR count). The van der Waals surface area contributed by atoms with Crippen LogP contribution in [0.25, 0.3) is 10.9 Å². The van der Waals surface area contributed by atoms with E-state index in [2.05, 4.69) is 49.1 Å². The molecule has 0 spiro atoms. The first kappa shape index (κ1) is 22.1. The summed E-state index contributed by atoms with van der Waals surface area (Å²) in [7, 11) is 0. The highest BCUT2D eigenvalue weighted by Gasteiger charge is 2.28. The number of piperidine rings is 1. The van der Waals surface area contributed by atoms with E-state index in [1.54, 1.807) is 0 Å². The van der Waals surface area contributed by atoms with Gasteiger partial charge in [0.1, 0.15) is 5.75 Å². The van der Waals surface area contributed by atoms with Gasteiger partial charge in [-0.15, -0.1) is 0 Å². The molecule has 168 valence electrons. The van der Waals surface area contributed by atoms with Crippen LogP contribution in [0, 0.1) is 11.3 Å². The van der Waals surface area contributed by atoms with Gasteiger partial charge in [0, 0.05) is 11.9 Å². The van der Waals surface area contributed by atoms with E-state index in [-0.39, 0.29) is 11.9 Å². The highest BCUT2D eigenvalue weighted by molar-refractivity contribution is 5.80. The minimum absolute atomic E-state index is 0.0408. The van der Waals surface area contributed by atoms with E-state index in [0.717, 1.165) is 67.7 Å². The molecule has 0 bridgehead atoms. The number of carbonyl (C=O) groups is 1. The average molecular weight is 425 g/mol. The third-order valence-corrected chi connectivity index (χ3v) is 6.90. The molecule has 2 heterocycles. The van der Waals surface area contributed by atoms with E-state index < -0.39 is 0 Å². The smallest absolute Gasteiger partial charge is 0.309 e.